The number of aryl methyl sites for hydroxylation is 2. The van der Waals surface area contributed by atoms with Gasteiger partial charge in [0.2, 0.25) is 0 Å². The molecule has 0 amide bonds. The topological polar surface area (TPSA) is 26.3 Å². The van der Waals surface area contributed by atoms with Crippen LogP contribution >= 0.6 is 0 Å². The number of carbonyl (C=O) groups excluding carboxylic acids is 1. The second kappa shape index (κ2) is 9.75. The van der Waals surface area contributed by atoms with Crippen LogP contribution in [0.5, 0.6) is 5.75 Å². The number of hydrogen-bond acceptors (Lipinski definition) is 2. The first kappa shape index (κ1) is 19.7. The molecule has 0 heterocycles. The Morgan fingerprint density at radius 1 is 0.957 bits per heavy atom. The maximum atomic E-state index is 12.8. The van der Waals surface area contributed by atoms with Crippen LogP contribution in [0.1, 0.15) is 83.3 Å². The Bertz CT molecular complexity index is 493. The Kier molecular flexibility index (Phi) is 8.36. The molecule has 2 heteroatoms. The van der Waals surface area contributed by atoms with Crippen LogP contribution in [0.4, 0.5) is 0 Å². The van der Waals surface area contributed by atoms with Gasteiger partial charge in [0.25, 0.3) is 0 Å². The van der Waals surface area contributed by atoms with E-state index in [1.165, 1.54) is 24.8 Å². The second-order valence-electron chi connectivity index (χ2n) is 7.11. The molecule has 1 aromatic carbocycles. The lowest BCUT2D eigenvalue weighted by atomic mass is 9.80. The van der Waals surface area contributed by atoms with Crippen LogP contribution < -0.4 is 4.74 Å². The maximum absolute atomic E-state index is 12.8. The smallest absolute Gasteiger partial charge is 0.317 e. The molecule has 0 spiro atoms. The molecular weight excluding hydrogens is 284 g/mol. The lowest BCUT2D eigenvalue weighted by molar-refractivity contribution is -0.146. The van der Waals surface area contributed by atoms with Gasteiger partial charge in [-0.05, 0) is 56.9 Å². The molecule has 0 radical (unpaired) electrons. The molecule has 0 aliphatic carbocycles. The Labute approximate surface area is 142 Å². The molecule has 0 aromatic heterocycles. The van der Waals surface area contributed by atoms with Gasteiger partial charge in [-0.15, -0.1) is 0 Å². The summed E-state index contributed by atoms with van der Waals surface area (Å²) in [6.07, 6.45) is 8.81. The fourth-order valence-corrected chi connectivity index (χ4v) is 2.85. The van der Waals surface area contributed by atoms with Crippen molar-refractivity contribution in [1.82, 2.24) is 0 Å². The van der Waals surface area contributed by atoms with E-state index in [1.54, 1.807) is 0 Å². The largest absolute Gasteiger partial charge is 0.426 e. The van der Waals surface area contributed by atoms with Crippen molar-refractivity contribution in [2.75, 3.05) is 0 Å². The van der Waals surface area contributed by atoms with Crippen molar-refractivity contribution in [1.29, 1.82) is 0 Å². The lowest BCUT2D eigenvalue weighted by Gasteiger charge is -2.27. The van der Waals surface area contributed by atoms with Crippen molar-refractivity contribution < 1.29 is 9.53 Å². The number of unbranched alkanes of at least 4 members (excludes halogenated alkanes) is 4. The van der Waals surface area contributed by atoms with Crippen LogP contribution in [0.3, 0.4) is 0 Å². The molecule has 0 N–H and O–H groups in total. The van der Waals surface area contributed by atoms with Gasteiger partial charge in [0.1, 0.15) is 5.75 Å². The Morgan fingerprint density at radius 3 is 2.22 bits per heavy atom. The van der Waals surface area contributed by atoms with E-state index in [4.69, 9.17) is 4.74 Å². The molecule has 1 rings (SSSR count). The van der Waals surface area contributed by atoms with Gasteiger partial charge in [-0.3, -0.25) is 4.79 Å². The number of ether oxygens (including phenoxy) is 1. The van der Waals surface area contributed by atoms with Crippen LogP contribution in [0.2, 0.25) is 0 Å². The first-order valence-corrected chi connectivity index (χ1v) is 9.22. The zero-order valence-electron chi connectivity index (χ0n) is 15.7. The molecule has 1 unspecified atom stereocenters. The van der Waals surface area contributed by atoms with E-state index in [9.17, 15) is 4.79 Å². The van der Waals surface area contributed by atoms with Gasteiger partial charge in [-0.1, -0.05) is 58.4 Å². The maximum Gasteiger partial charge on any atom is 0.317 e. The molecule has 0 bridgehead atoms. The van der Waals surface area contributed by atoms with Crippen molar-refractivity contribution in [3.05, 3.63) is 29.3 Å². The molecule has 0 aliphatic heterocycles. The van der Waals surface area contributed by atoms with Crippen LogP contribution in [0.25, 0.3) is 0 Å². The Hall–Kier alpha value is -1.31. The summed E-state index contributed by atoms with van der Waals surface area (Å²) in [6.45, 7) is 10.6. The first-order valence-electron chi connectivity index (χ1n) is 9.22. The summed E-state index contributed by atoms with van der Waals surface area (Å²) in [6, 6.07) is 5.88. The summed E-state index contributed by atoms with van der Waals surface area (Å²) in [5, 5.41) is 0. The van der Waals surface area contributed by atoms with E-state index < -0.39 is 0 Å². The standard InChI is InChI=1S/C21H34O2/c1-6-8-10-11-15-21(5,14-9-7-2)20(22)23-19-13-12-17(3)18(4)16-19/h12-13,16H,6-11,14-15H2,1-5H3. The van der Waals surface area contributed by atoms with Gasteiger partial charge in [-0.2, -0.15) is 0 Å². The highest BCUT2D eigenvalue weighted by Crippen LogP contribution is 2.33. The summed E-state index contributed by atoms with van der Waals surface area (Å²) < 4.78 is 5.73. The van der Waals surface area contributed by atoms with Crippen molar-refractivity contribution >= 4 is 5.97 Å². The second-order valence-corrected chi connectivity index (χ2v) is 7.11. The van der Waals surface area contributed by atoms with E-state index in [1.807, 2.05) is 25.1 Å². The zero-order chi connectivity index (χ0) is 17.3. The average molecular weight is 319 g/mol. The van der Waals surface area contributed by atoms with E-state index in [2.05, 4.69) is 27.7 Å². The summed E-state index contributed by atoms with van der Waals surface area (Å²) in [4.78, 5) is 12.8. The predicted molar refractivity (Wildman–Crippen MR) is 97.9 cm³/mol. The highest BCUT2D eigenvalue weighted by atomic mass is 16.5. The van der Waals surface area contributed by atoms with E-state index in [0.29, 0.717) is 5.75 Å². The highest BCUT2D eigenvalue weighted by molar-refractivity contribution is 5.78. The minimum atomic E-state index is -0.359. The Balaban J connectivity index is 2.74. The van der Waals surface area contributed by atoms with Crippen LogP contribution in [0.15, 0.2) is 18.2 Å². The number of benzene rings is 1. The molecule has 23 heavy (non-hydrogen) atoms. The number of hydrogen-bond donors (Lipinski definition) is 0. The van der Waals surface area contributed by atoms with Crippen molar-refractivity contribution in [3.8, 4) is 5.75 Å². The number of rotatable bonds is 10. The number of esters is 1. The SMILES string of the molecule is CCCCCCC(C)(CCCC)C(=O)Oc1ccc(C)c(C)c1. The third-order valence-corrected chi connectivity index (χ3v) is 4.85. The molecule has 1 aromatic rings. The molecule has 0 saturated carbocycles. The van der Waals surface area contributed by atoms with Gasteiger partial charge in [-0.25, -0.2) is 0 Å². The summed E-state index contributed by atoms with van der Waals surface area (Å²) in [7, 11) is 0. The third kappa shape index (κ3) is 6.37. The minimum absolute atomic E-state index is 0.0642. The molecule has 0 saturated heterocycles. The molecule has 2 nitrogen and oxygen atoms in total. The van der Waals surface area contributed by atoms with Crippen molar-refractivity contribution in [3.63, 3.8) is 0 Å². The first-order chi connectivity index (χ1) is 10.9. The monoisotopic (exact) mass is 318 g/mol. The fourth-order valence-electron chi connectivity index (χ4n) is 2.85. The summed E-state index contributed by atoms with van der Waals surface area (Å²) >= 11 is 0. The van der Waals surface area contributed by atoms with Crippen molar-refractivity contribution in [2.24, 2.45) is 5.41 Å². The van der Waals surface area contributed by atoms with Gasteiger partial charge in [0.15, 0.2) is 0 Å². The highest BCUT2D eigenvalue weighted by Gasteiger charge is 2.34. The molecular formula is C21H34O2. The predicted octanol–water partition coefficient (Wildman–Crippen LogP) is 6.38. The van der Waals surface area contributed by atoms with E-state index >= 15 is 0 Å². The van der Waals surface area contributed by atoms with Crippen molar-refractivity contribution in [2.45, 2.75) is 86.0 Å². The van der Waals surface area contributed by atoms with Crippen LogP contribution in [-0.4, -0.2) is 5.97 Å². The minimum Gasteiger partial charge on any atom is -0.426 e. The number of carbonyl (C=O) groups is 1. The van der Waals surface area contributed by atoms with Crippen LogP contribution in [0, 0.1) is 19.3 Å². The van der Waals surface area contributed by atoms with Gasteiger partial charge >= 0.3 is 5.97 Å². The molecule has 130 valence electrons. The van der Waals surface area contributed by atoms with Gasteiger partial charge in [0, 0.05) is 0 Å². The zero-order valence-corrected chi connectivity index (χ0v) is 15.7. The normalized spacial score (nSPS) is 13.6. The summed E-state index contributed by atoms with van der Waals surface area (Å²) in [5.74, 6) is 0.611. The fraction of sp³-hybridized carbons (Fsp3) is 0.667. The average Bonchev–Trinajstić information content (AvgIpc) is 2.53. The molecule has 1 atom stereocenters. The van der Waals surface area contributed by atoms with Crippen LogP contribution in [-0.2, 0) is 4.79 Å². The summed E-state index contributed by atoms with van der Waals surface area (Å²) in [5.41, 5.74) is 2.02. The lowest BCUT2D eigenvalue weighted by Crippen LogP contribution is -2.32. The van der Waals surface area contributed by atoms with E-state index in [-0.39, 0.29) is 11.4 Å². The van der Waals surface area contributed by atoms with Gasteiger partial charge < -0.3 is 4.74 Å². The third-order valence-electron chi connectivity index (χ3n) is 4.85. The molecule has 0 fully saturated rings. The molecule has 0 aliphatic rings. The van der Waals surface area contributed by atoms with E-state index in [0.717, 1.165) is 37.7 Å². The van der Waals surface area contributed by atoms with Gasteiger partial charge in [0.05, 0.1) is 5.41 Å². The quantitative estimate of drug-likeness (QED) is 0.284. The Morgan fingerprint density at radius 2 is 1.61 bits per heavy atom.